The summed E-state index contributed by atoms with van der Waals surface area (Å²) in [6.45, 7) is 1.27. The zero-order chi connectivity index (χ0) is 21.7. The minimum absolute atomic E-state index is 0.159. The highest BCUT2D eigenvalue weighted by Gasteiger charge is 2.18. The molecule has 7 nitrogen and oxygen atoms in total. The Bertz CT molecular complexity index is 1110. The number of aryl methyl sites for hydroxylation is 1. The number of aliphatic hydroxyl groups is 1. The highest BCUT2D eigenvalue weighted by Crippen LogP contribution is 2.24. The summed E-state index contributed by atoms with van der Waals surface area (Å²) in [7, 11) is 1.51. The largest absolute Gasteiger partial charge is 0.495 e. The maximum absolute atomic E-state index is 13.1. The summed E-state index contributed by atoms with van der Waals surface area (Å²) in [5, 5.41) is 12.6. The molecule has 0 saturated heterocycles. The third kappa shape index (κ3) is 4.69. The molecule has 0 fully saturated rings. The van der Waals surface area contributed by atoms with E-state index >= 15 is 0 Å². The van der Waals surface area contributed by atoms with E-state index in [-0.39, 0.29) is 25.1 Å². The summed E-state index contributed by atoms with van der Waals surface area (Å²) in [5.41, 5.74) is 1.68. The second-order valence-corrected chi connectivity index (χ2v) is 7.06. The molecule has 3 rings (SSSR count). The van der Waals surface area contributed by atoms with Crippen molar-refractivity contribution in [3.63, 3.8) is 0 Å². The SMILES string of the molecule is COc1ccccc1NC(=O)Cn1c(-c2ccc(Cl)cc2)nc(C)c(CCO)c1=O. The van der Waals surface area contributed by atoms with E-state index < -0.39 is 5.91 Å². The first-order valence-corrected chi connectivity index (χ1v) is 9.72. The first kappa shape index (κ1) is 21.5. The van der Waals surface area contributed by atoms with E-state index in [1.165, 1.54) is 11.7 Å². The maximum atomic E-state index is 13.1. The van der Waals surface area contributed by atoms with Crippen molar-refractivity contribution in [2.24, 2.45) is 0 Å². The van der Waals surface area contributed by atoms with Crippen molar-refractivity contribution in [3.05, 3.63) is 75.2 Å². The van der Waals surface area contributed by atoms with Crippen molar-refractivity contribution in [2.45, 2.75) is 19.9 Å². The molecule has 3 aromatic rings. The number of rotatable bonds is 7. The topological polar surface area (TPSA) is 93.4 Å². The lowest BCUT2D eigenvalue weighted by atomic mass is 10.1. The van der Waals surface area contributed by atoms with Gasteiger partial charge in [0, 0.05) is 34.9 Å². The molecule has 0 unspecified atom stereocenters. The van der Waals surface area contributed by atoms with E-state index in [1.54, 1.807) is 55.5 Å². The van der Waals surface area contributed by atoms with Gasteiger partial charge < -0.3 is 15.2 Å². The monoisotopic (exact) mass is 427 g/mol. The van der Waals surface area contributed by atoms with Gasteiger partial charge in [-0.2, -0.15) is 0 Å². The summed E-state index contributed by atoms with van der Waals surface area (Å²) in [4.78, 5) is 30.5. The molecule has 1 aromatic heterocycles. The second kappa shape index (κ2) is 9.56. The van der Waals surface area contributed by atoms with Gasteiger partial charge in [-0.3, -0.25) is 14.2 Å². The smallest absolute Gasteiger partial charge is 0.257 e. The van der Waals surface area contributed by atoms with Gasteiger partial charge in [-0.05, 0) is 43.3 Å². The standard InChI is InChI=1S/C22H22ClN3O4/c1-14-17(11-12-27)22(29)26(21(24-14)15-7-9-16(23)10-8-15)13-20(28)25-18-5-3-4-6-19(18)30-2/h3-10,27H,11-13H2,1-2H3,(H,25,28). The summed E-state index contributed by atoms with van der Waals surface area (Å²) in [5.74, 6) is 0.461. The molecule has 2 N–H and O–H groups in total. The van der Waals surface area contributed by atoms with E-state index in [0.717, 1.165) is 0 Å². The highest BCUT2D eigenvalue weighted by molar-refractivity contribution is 6.30. The number of ether oxygens (including phenoxy) is 1. The number of methoxy groups -OCH3 is 1. The van der Waals surface area contributed by atoms with Gasteiger partial charge in [0.1, 0.15) is 18.1 Å². The van der Waals surface area contributed by atoms with Gasteiger partial charge in [0.05, 0.1) is 12.8 Å². The van der Waals surface area contributed by atoms with Crippen LogP contribution in [0.25, 0.3) is 11.4 Å². The molecule has 0 atom stereocenters. The molecule has 156 valence electrons. The molecule has 0 radical (unpaired) electrons. The Labute approximate surface area is 178 Å². The number of carbonyl (C=O) groups excluding carboxylic acids is 1. The zero-order valence-electron chi connectivity index (χ0n) is 16.7. The molecule has 2 aromatic carbocycles. The van der Waals surface area contributed by atoms with Crippen LogP contribution in [0.4, 0.5) is 5.69 Å². The molecular formula is C22H22ClN3O4. The fourth-order valence-electron chi connectivity index (χ4n) is 3.15. The van der Waals surface area contributed by atoms with Crippen LogP contribution in [-0.4, -0.2) is 34.3 Å². The number of carbonyl (C=O) groups is 1. The molecule has 30 heavy (non-hydrogen) atoms. The average molecular weight is 428 g/mol. The van der Waals surface area contributed by atoms with Gasteiger partial charge in [0.25, 0.3) is 5.56 Å². The summed E-state index contributed by atoms with van der Waals surface area (Å²) in [6.07, 6.45) is 0.159. The van der Waals surface area contributed by atoms with Crippen molar-refractivity contribution in [1.82, 2.24) is 9.55 Å². The summed E-state index contributed by atoms with van der Waals surface area (Å²) >= 11 is 5.98. The van der Waals surface area contributed by atoms with Crippen molar-refractivity contribution < 1.29 is 14.6 Å². The number of aromatic nitrogens is 2. The van der Waals surface area contributed by atoms with Crippen LogP contribution in [0.5, 0.6) is 5.75 Å². The second-order valence-electron chi connectivity index (χ2n) is 6.62. The highest BCUT2D eigenvalue weighted by atomic mass is 35.5. The third-order valence-electron chi connectivity index (χ3n) is 4.62. The van der Waals surface area contributed by atoms with Crippen LogP contribution in [0.15, 0.2) is 53.3 Å². The lowest BCUT2D eigenvalue weighted by molar-refractivity contribution is -0.116. The molecule has 0 aliphatic heterocycles. The summed E-state index contributed by atoms with van der Waals surface area (Å²) in [6, 6.07) is 13.9. The number of halogens is 1. The van der Waals surface area contributed by atoms with Crippen molar-refractivity contribution in [2.75, 3.05) is 19.0 Å². The predicted molar refractivity (Wildman–Crippen MR) is 116 cm³/mol. The van der Waals surface area contributed by atoms with Crippen LogP contribution in [0.2, 0.25) is 5.02 Å². The van der Waals surface area contributed by atoms with E-state index in [2.05, 4.69) is 10.3 Å². The fraction of sp³-hybridized carbons (Fsp3) is 0.227. The lowest BCUT2D eigenvalue weighted by Gasteiger charge is -2.16. The number of hydrogen-bond donors (Lipinski definition) is 2. The Morgan fingerprint density at radius 2 is 1.90 bits per heavy atom. The van der Waals surface area contributed by atoms with Crippen molar-refractivity contribution in [1.29, 1.82) is 0 Å². The van der Waals surface area contributed by atoms with Crippen LogP contribution < -0.4 is 15.6 Å². The van der Waals surface area contributed by atoms with Gasteiger partial charge >= 0.3 is 0 Å². The van der Waals surface area contributed by atoms with Gasteiger partial charge in [-0.15, -0.1) is 0 Å². The maximum Gasteiger partial charge on any atom is 0.257 e. The molecule has 1 heterocycles. The Kier molecular flexibility index (Phi) is 6.87. The van der Waals surface area contributed by atoms with E-state index in [9.17, 15) is 14.7 Å². The molecular weight excluding hydrogens is 406 g/mol. The molecule has 1 amide bonds. The Hall–Kier alpha value is -3.16. The molecule has 0 spiro atoms. The van der Waals surface area contributed by atoms with E-state index in [1.807, 2.05) is 0 Å². The van der Waals surface area contributed by atoms with Gasteiger partial charge in [0.15, 0.2) is 0 Å². The molecule has 0 aliphatic rings. The number of benzene rings is 2. The summed E-state index contributed by atoms with van der Waals surface area (Å²) < 4.78 is 6.57. The van der Waals surface area contributed by atoms with E-state index in [4.69, 9.17) is 16.3 Å². The van der Waals surface area contributed by atoms with Gasteiger partial charge in [0.2, 0.25) is 5.91 Å². The van der Waals surface area contributed by atoms with Crippen molar-refractivity contribution >= 4 is 23.2 Å². The van der Waals surface area contributed by atoms with Crippen molar-refractivity contribution in [3.8, 4) is 17.1 Å². The van der Waals surface area contributed by atoms with Gasteiger partial charge in [-0.1, -0.05) is 23.7 Å². The molecule has 0 bridgehead atoms. The fourth-order valence-corrected chi connectivity index (χ4v) is 3.27. The lowest BCUT2D eigenvalue weighted by Crippen LogP contribution is -2.33. The Morgan fingerprint density at radius 1 is 1.20 bits per heavy atom. The molecule has 8 heteroatoms. The van der Waals surface area contributed by atoms with Crippen LogP contribution in [0.3, 0.4) is 0 Å². The minimum atomic E-state index is -0.405. The number of amides is 1. The predicted octanol–water partition coefficient (Wildman–Crippen LogP) is 3.05. The third-order valence-corrected chi connectivity index (χ3v) is 4.87. The molecule has 0 aliphatic carbocycles. The number of anilines is 1. The number of hydrogen-bond acceptors (Lipinski definition) is 5. The number of nitrogens with one attached hydrogen (secondary N) is 1. The first-order valence-electron chi connectivity index (χ1n) is 9.34. The normalized spacial score (nSPS) is 10.7. The zero-order valence-corrected chi connectivity index (χ0v) is 17.4. The Balaban J connectivity index is 2.02. The number of aliphatic hydroxyl groups excluding tert-OH is 1. The van der Waals surface area contributed by atoms with Crippen LogP contribution >= 0.6 is 11.6 Å². The number of para-hydroxylation sites is 2. The first-order chi connectivity index (χ1) is 14.4. The Morgan fingerprint density at radius 3 is 2.57 bits per heavy atom. The van der Waals surface area contributed by atoms with Crippen LogP contribution in [0, 0.1) is 6.92 Å². The number of nitrogens with zero attached hydrogens (tertiary/aromatic N) is 2. The average Bonchev–Trinajstić information content (AvgIpc) is 2.74. The minimum Gasteiger partial charge on any atom is -0.495 e. The van der Waals surface area contributed by atoms with Crippen LogP contribution in [0.1, 0.15) is 11.3 Å². The van der Waals surface area contributed by atoms with Crippen LogP contribution in [-0.2, 0) is 17.8 Å². The van der Waals surface area contributed by atoms with Gasteiger partial charge in [-0.25, -0.2) is 4.98 Å². The molecule has 0 saturated carbocycles. The quantitative estimate of drug-likeness (QED) is 0.604. The van der Waals surface area contributed by atoms with E-state index in [0.29, 0.717) is 39.1 Å².